The maximum absolute atomic E-state index is 9.10. The van der Waals surface area contributed by atoms with Crippen molar-refractivity contribution in [1.82, 2.24) is 5.32 Å². The highest BCUT2D eigenvalue weighted by Crippen LogP contribution is 2.08. The Morgan fingerprint density at radius 2 is 1.85 bits per heavy atom. The van der Waals surface area contributed by atoms with Gasteiger partial charge in [-0.15, -0.1) is 0 Å². The molecule has 1 aromatic rings. The van der Waals surface area contributed by atoms with Gasteiger partial charge in [-0.2, -0.15) is 0 Å². The molecule has 0 spiro atoms. The predicted molar refractivity (Wildman–Crippen MR) is 75.8 cm³/mol. The van der Waals surface area contributed by atoms with Crippen LogP contribution in [0.25, 0.3) is 6.08 Å². The number of nitrogens with one attached hydrogen (secondary N) is 1. The molecule has 0 bridgehead atoms. The van der Waals surface area contributed by atoms with Gasteiger partial charge in [-0.1, -0.05) is 30.3 Å². The minimum Gasteiger partial charge on any atom is -0.473 e. The van der Waals surface area contributed by atoms with Gasteiger partial charge in [0.05, 0.1) is 6.54 Å². The van der Waals surface area contributed by atoms with Crippen LogP contribution in [0.3, 0.4) is 0 Å². The van der Waals surface area contributed by atoms with Crippen LogP contribution in [0.1, 0.15) is 11.1 Å². The van der Waals surface area contributed by atoms with Crippen LogP contribution in [0.5, 0.6) is 0 Å². The van der Waals surface area contributed by atoms with Gasteiger partial charge in [0, 0.05) is 6.54 Å². The molecule has 6 nitrogen and oxygen atoms in total. The summed E-state index contributed by atoms with van der Waals surface area (Å²) in [4.78, 5) is 22.5. The van der Waals surface area contributed by atoms with Gasteiger partial charge in [-0.25, -0.2) is 9.59 Å². The molecule has 0 radical (unpaired) electrons. The summed E-state index contributed by atoms with van der Waals surface area (Å²) < 4.78 is 0. The van der Waals surface area contributed by atoms with Gasteiger partial charge < -0.3 is 15.5 Å². The number of amidine groups is 1. The van der Waals surface area contributed by atoms with Crippen molar-refractivity contribution in [3.63, 3.8) is 0 Å². The number of hydrogen-bond donors (Lipinski definition) is 3. The summed E-state index contributed by atoms with van der Waals surface area (Å²) in [6.45, 7) is 3.98. The Morgan fingerprint density at radius 3 is 2.35 bits per heavy atom. The Labute approximate surface area is 116 Å². The third kappa shape index (κ3) is 5.34. The topological polar surface area (TPSA) is 99.0 Å². The lowest BCUT2D eigenvalue weighted by Gasteiger charge is -1.98. The largest absolute Gasteiger partial charge is 0.473 e. The van der Waals surface area contributed by atoms with Crippen molar-refractivity contribution in [3.8, 4) is 0 Å². The molecule has 6 heteroatoms. The molecule has 0 aromatic heterocycles. The van der Waals surface area contributed by atoms with E-state index in [1.807, 2.05) is 6.08 Å². The Bertz CT molecular complexity index is 538. The minimum atomic E-state index is -1.82. The SMILES string of the molecule is Cc1ccccc1C=CC1=NCCN1.O=C(O)C(=O)O. The number of carboxylic acid groups (broad SMARTS) is 2. The molecule has 1 aromatic carbocycles. The van der Waals surface area contributed by atoms with E-state index < -0.39 is 11.9 Å². The molecule has 0 unspecified atom stereocenters. The van der Waals surface area contributed by atoms with Crippen molar-refractivity contribution in [3.05, 3.63) is 41.5 Å². The number of nitrogens with zero attached hydrogens (tertiary/aromatic N) is 1. The van der Waals surface area contributed by atoms with Gasteiger partial charge in [0.15, 0.2) is 0 Å². The standard InChI is InChI=1S/C12H14N2.C2H2O4/c1-10-4-2-3-5-11(10)6-7-12-13-8-9-14-12;3-1(4)2(5)6/h2-7H,8-9H2,1H3,(H,13,14);(H,3,4)(H,5,6). The van der Waals surface area contributed by atoms with Gasteiger partial charge in [0.1, 0.15) is 5.84 Å². The highest BCUT2D eigenvalue weighted by molar-refractivity contribution is 6.27. The molecule has 1 aliphatic rings. The smallest absolute Gasteiger partial charge is 0.414 e. The quantitative estimate of drug-likeness (QED) is 0.704. The zero-order valence-electron chi connectivity index (χ0n) is 11.0. The van der Waals surface area contributed by atoms with E-state index in [1.165, 1.54) is 11.1 Å². The summed E-state index contributed by atoms with van der Waals surface area (Å²) in [7, 11) is 0. The number of carbonyl (C=O) groups is 2. The van der Waals surface area contributed by atoms with Crippen molar-refractivity contribution in [2.75, 3.05) is 13.1 Å². The maximum Gasteiger partial charge on any atom is 0.414 e. The first kappa shape index (κ1) is 15.4. The number of benzene rings is 1. The van der Waals surface area contributed by atoms with Crippen LogP contribution in [-0.4, -0.2) is 41.1 Å². The van der Waals surface area contributed by atoms with E-state index >= 15 is 0 Å². The van der Waals surface area contributed by atoms with E-state index in [4.69, 9.17) is 19.8 Å². The second-order valence-corrected chi connectivity index (χ2v) is 3.99. The van der Waals surface area contributed by atoms with Crippen LogP contribution in [0, 0.1) is 6.92 Å². The summed E-state index contributed by atoms with van der Waals surface area (Å²) in [5, 5.41) is 18.0. The third-order valence-corrected chi connectivity index (χ3v) is 2.49. The van der Waals surface area contributed by atoms with Crippen LogP contribution in [0.15, 0.2) is 35.3 Å². The highest BCUT2D eigenvalue weighted by Gasteiger charge is 2.04. The molecular weight excluding hydrogens is 260 g/mol. The van der Waals surface area contributed by atoms with Crippen LogP contribution < -0.4 is 5.32 Å². The molecule has 20 heavy (non-hydrogen) atoms. The monoisotopic (exact) mass is 276 g/mol. The first-order chi connectivity index (χ1) is 9.50. The van der Waals surface area contributed by atoms with Crippen molar-refractivity contribution in [2.24, 2.45) is 4.99 Å². The number of aryl methyl sites for hydroxylation is 1. The van der Waals surface area contributed by atoms with Gasteiger partial charge in [-0.3, -0.25) is 4.99 Å². The molecule has 1 heterocycles. The van der Waals surface area contributed by atoms with Gasteiger partial charge in [0.2, 0.25) is 0 Å². The van der Waals surface area contributed by atoms with Gasteiger partial charge >= 0.3 is 11.9 Å². The summed E-state index contributed by atoms with van der Waals surface area (Å²) in [6, 6.07) is 8.33. The van der Waals surface area contributed by atoms with Crippen LogP contribution in [-0.2, 0) is 9.59 Å². The molecule has 0 saturated heterocycles. The lowest BCUT2D eigenvalue weighted by molar-refractivity contribution is -0.159. The molecule has 0 atom stereocenters. The molecule has 2 rings (SSSR count). The average molecular weight is 276 g/mol. The molecule has 0 aliphatic carbocycles. The summed E-state index contributed by atoms with van der Waals surface area (Å²) >= 11 is 0. The third-order valence-electron chi connectivity index (χ3n) is 2.49. The number of rotatable bonds is 2. The van der Waals surface area contributed by atoms with Crippen LogP contribution in [0.2, 0.25) is 0 Å². The Morgan fingerprint density at radius 1 is 1.20 bits per heavy atom. The predicted octanol–water partition coefficient (Wildman–Crippen LogP) is 1.17. The Balaban J connectivity index is 0.000000286. The molecule has 1 aliphatic heterocycles. The van der Waals surface area contributed by atoms with E-state index in [2.05, 4.69) is 47.6 Å². The van der Waals surface area contributed by atoms with Crippen LogP contribution >= 0.6 is 0 Å². The molecule has 0 fully saturated rings. The molecule has 3 N–H and O–H groups in total. The minimum absolute atomic E-state index is 0.896. The molecule has 0 saturated carbocycles. The fourth-order valence-corrected chi connectivity index (χ4v) is 1.47. The van der Waals surface area contributed by atoms with E-state index in [9.17, 15) is 0 Å². The van der Waals surface area contributed by atoms with Gasteiger partial charge in [0.25, 0.3) is 0 Å². The number of carboxylic acids is 2. The summed E-state index contributed by atoms with van der Waals surface area (Å²) in [5.74, 6) is -2.65. The summed E-state index contributed by atoms with van der Waals surface area (Å²) in [6.07, 6.45) is 4.14. The molecule has 0 amide bonds. The fraction of sp³-hybridized carbons (Fsp3) is 0.214. The van der Waals surface area contributed by atoms with Gasteiger partial charge in [-0.05, 0) is 24.1 Å². The van der Waals surface area contributed by atoms with Crippen molar-refractivity contribution < 1.29 is 19.8 Å². The number of aliphatic carboxylic acids is 2. The second kappa shape index (κ2) is 7.73. The van der Waals surface area contributed by atoms with Crippen molar-refractivity contribution in [1.29, 1.82) is 0 Å². The maximum atomic E-state index is 9.10. The lowest BCUT2D eigenvalue weighted by Crippen LogP contribution is -2.15. The first-order valence-electron chi connectivity index (χ1n) is 5.99. The second-order valence-electron chi connectivity index (χ2n) is 3.99. The van der Waals surface area contributed by atoms with Crippen molar-refractivity contribution >= 4 is 23.9 Å². The van der Waals surface area contributed by atoms with E-state index in [-0.39, 0.29) is 0 Å². The fourth-order valence-electron chi connectivity index (χ4n) is 1.47. The molecular formula is C14H16N2O4. The lowest BCUT2D eigenvalue weighted by atomic mass is 10.1. The number of hydrogen-bond acceptors (Lipinski definition) is 4. The van der Waals surface area contributed by atoms with E-state index in [0.29, 0.717) is 0 Å². The zero-order chi connectivity index (χ0) is 15.0. The van der Waals surface area contributed by atoms with Crippen LogP contribution in [0.4, 0.5) is 0 Å². The number of aliphatic imine (C=N–C) groups is 1. The summed E-state index contributed by atoms with van der Waals surface area (Å²) in [5.41, 5.74) is 2.55. The zero-order valence-corrected chi connectivity index (χ0v) is 11.0. The average Bonchev–Trinajstić information content (AvgIpc) is 2.91. The Hall–Kier alpha value is -2.63. The highest BCUT2D eigenvalue weighted by atomic mass is 16.4. The van der Waals surface area contributed by atoms with Crippen molar-refractivity contribution in [2.45, 2.75) is 6.92 Å². The van der Waals surface area contributed by atoms with E-state index in [0.717, 1.165) is 18.9 Å². The first-order valence-corrected chi connectivity index (χ1v) is 5.99. The van der Waals surface area contributed by atoms with E-state index in [1.54, 1.807) is 0 Å². The normalized spacial score (nSPS) is 13.2. The molecule has 106 valence electrons. The Kier molecular flexibility index (Phi) is 5.96.